The largest absolute Gasteiger partial charge is 0.389 e. The lowest BCUT2D eigenvalue weighted by molar-refractivity contribution is 0.0725. The molecule has 1 atom stereocenters. The fourth-order valence-electron chi connectivity index (χ4n) is 0.795. The molecule has 0 spiro atoms. The summed E-state index contributed by atoms with van der Waals surface area (Å²) in [4.78, 5) is 0. The third-order valence-corrected chi connectivity index (χ3v) is 2.38. The van der Waals surface area contributed by atoms with E-state index in [1.165, 1.54) is 0 Å². The predicted octanol–water partition coefficient (Wildman–Crippen LogP) is 2.72. The maximum Gasteiger partial charge on any atom is 0.0754 e. The molecule has 0 bridgehead atoms. The molecule has 0 amide bonds. The molecule has 0 aliphatic carbocycles. The molecular formula is C9H17ClO. The highest BCUT2D eigenvalue weighted by Gasteiger charge is 2.23. The molecule has 2 heteroatoms. The van der Waals surface area contributed by atoms with Crippen molar-refractivity contribution >= 4 is 11.6 Å². The van der Waals surface area contributed by atoms with Crippen molar-refractivity contribution in [3.8, 4) is 0 Å². The van der Waals surface area contributed by atoms with E-state index in [2.05, 4.69) is 6.58 Å². The highest BCUT2D eigenvalue weighted by atomic mass is 35.5. The first-order valence-corrected chi connectivity index (χ1v) is 4.39. The summed E-state index contributed by atoms with van der Waals surface area (Å²) >= 11 is 5.91. The van der Waals surface area contributed by atoms with Crippen molar-refractivity contribution in [3.05, 3.63) is 12.7 Å². The van der Waals surface area contributed by atoms with Gasteiger partial charge in [0.15, 0.2) is 0 Å². The maximum absolute atomic E-state index is 9.43. The number of unbranched alkanes of at least 4 members (excludes halogenated alkanes) is 1. The SMILES string of the molecule is C=CCCCC(Cl)C(C)(C)O. The fraction of sp³-hybridized carbons (Fsp3) is 0.778. The van der Waals surface area contributed by atoms with Gasteiger partial charge in [0, 0.05) is 0 Å². The van der Waals surface area contributed by atoms with E-state index in [0.717, 1.165) is 19.3 Å². The molecule has 0 radical (unpaired) electrons. The second-order valence-corrected chi connectivity index (χ2v) is 3.87. The van der Waals surface area contributed by atoms with Crippen molar-refractivity contribution in [2.24, 2.45) is 0 Å². The molecule has 1 N–H and O–H groups in total. The third kappa shape index (κ3) is 5.28. The third-order valence-electron chi connectivity index (χ3n) is 1.63. The van der Waals surface area contributed by atoms with E-state index in [1.54, 1.807) is 13.8 Å². The molecule has 66 valence electrons. The standard InChI is InChI=1S/C9H17ClO/c1-4-5-6-7-8(10)9(2,3)11/h4,8,11H,1,5-7H2,2-3H3. The molecule has 0 saturated heterocycles. The summed E-state index contributed by atoms with van der Waals surface area (Å²) in [5, 5.41) is 9.28. The Bertz CT molecular complexity index is 115. The topological polar surface area (TPSA) is 20.2 Å². The van der Waals surface area contributed by atoms with Crippen molar-refractivity contribution in [3.63, 3.8) is 0 Å². The summed E-state index contributed by atoms with van der Waals surface area (Å²) in [6, 6.07) is 0. The molecule has 0 aliphatic rings. The molecule has 0 heterocycles. The van der Waals surface area contributed by atoms with Crippen LogP contribution >= 0.6 is 11.6 Å². The smallest absolute Gasteiger partial charge is 0.0754 e. The number of hydrogen-bond donors (Lipinski definition) is 1. The van der Waals surface area contributed by atoms with E-state index in [-0.39, 0.29) is 5.38 Å². The first kappa shape index (κ1) is 11.0. The molecule has 0 aromatic rings. The van der Waals surface area contributed by atoms with Crippen molar-refractivity contribution in [1.82, 2.24) is 0 Å². The summed E-state index contributed by atoms with van der Waals surface area (Å²) < 4.78 is 0. The molecule has 0 aromatic heterocycles. The minimum atomic E-state index is -0.761. The summed E-state index contributed by atoms with van der Waals surface area (Å²) in [5.74, 6) is 0. The predicted molar refractivity (Wildman–Crippen MR) is 50.0 cm³/mol. The molecule has 11 heavy (non-hydrogen) atoms. The zero-order valence-corrected chi connectivity index (χ0v) is 8.06. The molecule has 0 rings (SSSR count). The van der Waals surface area contributed by atoms with E-state index < -0.39 is 5.60 Å². The van der Waals surface area contributed by atoms with Crippen molar-refractivity contribution < 1.29 is 5.11 Å². The number of allylic oxidation sites excluding steroid dienone is 1. The van der Waals surface area contributed by atoms with Gasteiger partial charge < -0.3 is 5.11 Å². The minimum Gasteiger partial charge on any atom is -0.389 e. The van der Waals surface area contributed by atoms with Crippen LogP contribution in [0.15, 0.2) is 12.7 Å². The number of hydrogen-bond acceptors (Lipinski definition) is 1. The highest BCUT2D eigenvalue weighted by Crippen LogP contribution is 2.20. The van der Waals surface area contributed by atoms with E-state index in [4.69, 9.17) is 11.6 Å². The van der Waals surface area contributed by atoms with Crippen LogP contribution in [0.1, 0.15) is 33.1 Å². The lowest BCUT2D eigenvalue weighted by atomic mass is 10.0. The summed E-state index contributed by atoms with van der Waals surface area (Å²) in [6.45, 7) is 7.08. The summed E-state index contributed by atoms with van der Waals surface area (Å²) in [7, 11) is 0. The van der Waals surface area contributed by atoms with Crippen molar-refractivity contribution in [2.45, 2.75) is 44.1 Å². The monoisotopic (exact) mass is 176 g/mol. The van der Waals surface area contributed by atoms with Gasteiger partial charge in [0.05, 0.1) is 11.0 Å². The molecular weight excluding hydrogens is 160 g/mol. The van der Waals surface area contributed by atoms with Crippen LogP contribution in [0.2, 0.25) is 0 Å². The number of alkyl halides is 1. The molecule has 0 saturated carbocycles. The maximum atomic E-state index is 9.43. The Morgan fingerprint density at radius 2 is 2.18 bits per heavy atom. The Kier molecular flexibility index (Phi) is 4.78. The van der Waals surface area contributed by atoms with Crippen LogP contribution in [0.5, 0.6) is 0 Å². The van der Waals surface area contributed by atoms with E-state index in [9.17, 15) is 5.11 Å². The number of rotatable bonds is 5. The summed E-state index contributed by atoms with van der Waals surface area (Å²) in [6.07, 6.45) is 4.69. The van der Waals surface area contributed by atoms with Crippen molar-refractivity contribution in [2.75, 3.05) is 0 Å². The molecule has 0 aliphatic heterocycles. The average molecular weight is 177 g/mol. The first-order valence-electron chi connectivity index (χ1n) is 3.96. The molecule has 1 unspecified atom stereocenters. The second kappa shape index (κ2) is 4.78. The van der Waals surface area contributed by atoms with Crippen LogP contribution in [0.3, 0.4) is 0 Å². The Morgan fingerprint density at radius 1 is 1.64 bits per heavy atom. The van der Waals surface area contributed by atoms with Crippen LogP contribution in [-0.4, -0.2) is 16.1 Å². The molecule has 0 fully saturated rings. The van der Waals surface area contributed by atoms with Crippen LogP contribution in [-0.2, 0) is 0 Å². The Labute approximate surface area is 74.1 Å². The van der Waals surface area contributed by atoms with E-state index >= 15 is 0 Å². The zero-order valence-electron chi connectivity index (χ0n) is 7.31. The van der Waals surface area contributed by atoms with Gasteiger partial charge in [-0.2, -0.15) is 0 Å². The average Bonchev–Trinajstić information content (AvgIpc) is 1.86. The van der Waals surface area contributed by atoms with Gasteiger partial charge in [0.25, 0.3) is 0 Å². The lowest BCUT2D eigenvalue weighted by Gasteiger charge is -2.23. The highest BCUT2D eigenvalue weighted by molar-refractivity contribution is 6.21. The quantitative estimate of drug-likeness (QED) is 0.388. The summed E-state index contributed by atoms with van der Waals surface area (Å²) in [5.41, 5.74) is -0.761. The molecule has 0 aromatic carbocycles. The first-order chi connectivity index (χ1) is 4.98. The molecule has 1 nitrogen and oxygen atoms in total. The van der Waals surface area contributed by atoms with Crippen LogP contribution < -0.4 is 0 Å². The Hall–Kier alpha value is -0.0100. The Balaban J connectivity index is 3.52. The minimum absolute atomic E-state index is 0.151. The zero-order chi connectivity index (χ0) is 8.91. The van der Waals surface area contributed by atoms with Gasteiger partial charge in [-0.05, 0) is 33.1 Å². The fourth-order valence-corrected chi connectivity index (χ4v) is 0.949. The van der Waals surface area contributed by atoms with Gasteiger partial charge in [-0.15, -0.1) is 18.2 Å². The Morgan fingerprint density at radius 3 is 2.55 bits per heavy atom. The van der Waals surface area contributed by atoms with Gasteiger partial charge in [0.1, 0.15) is 0 Å². The number of halogens is 1. The van der Waals surface area contributed by atoms with Gasteiger partial charge in [0.2, 0.25) is 0 Å². The van der Waals surface area contributed by atoms with E-state index in [1.807, 2.05) is 6.08 Å². The van der Waals surface area contributed by atoms with Gasteiger partial charge in [-0.3, -0.25) is 0 Å². The van der Waals surface area contributed by atoms with Crippen LogP contribution in [0.4, 0.5) is 0 Å². The van der Waals surface area contributed by atoms with Crippen LogP contribution in [0, 0.1) is 0 Å². The second-order valence-electron chi connectivity index (χ2n) is 3.34. The van der Waals surface area contributed by atoms with Gasteiger partial charge in [-0.25, -0.2) is 0 Å². The van der Waals surface area contributed by atoms with Crippen LogP contribution in [0.25, 0.3) is 0 Å². The lowest BCUT2D eigenvalue weighted by Crippen LogP contribution is -2.31. The number of aliphatic hydroxyl groups is 1. The van der Waals surface area contributed by atoms with Crippen molar-refractivity contribution in [1.29, 1.82) is 0 Å². The van der Waals surface area contributed by atoms with Gasteiger partial charge >= 0.3 is 0 Å². The normalized spacial score (nSPS) is 14.5. The van der Waals surface area contributed by atoms with E-state index in [0.29, 0.717) is 0 Å². The van der Waals surface area contributed by atoms with Gasteiger partial charge in [-0.1, -0.05) is 6.08 Å².